The molecule has 1 N–H and O–H groups in total. The molecule has 0 unspecified atom stereocenters. The van der Waals surface area contributed by atoms with Gasteiger partial charge in [-0.05, 0) is 6.07 Å². The number of benzene rings is 1. The van der Waals surface area contributed by atoms with E-state index in [1.165, 1.54) is 18.5 Å². The van der Waals surface area contributed by atoms with Gasteiger partial charge in [-0.2, -0.15) is 0 Å². The summed E-state index contributed by atoms with van der Waals surface area (Å²) in [6, 6.07) is 7.77. The Hall–Kier alpha value is -2.21. The fourth-order valence-corrected chi connectivity index (χ4v) is 1.43. The van der Waals surface area contributed by atoms with E-state index in [-0.39, 0.29) is 10.8 Å². The fourth-order valence-electron chi connectivity index (χ4n) is 1.28. The predicted molar refractivity (Wildman–Crippen MR) is 63.4 cm³/mol. The van der Waals surface area contributed by atoms with Crippen LogP contribution in [0.4, 0.5) is 17.2 Å². The number of nitrogens with one attached hydrogen (secondary N) is 1. The number of halogens is 1. The highest BCUT2D eigenvalue weighted by molar-refractivity contribution is 6.29. The van der Waals surface area contributed by atoms with Crippen LogP contribution in [0.3, 0.4) is 0 Å². The maximum Gasteiger partial charge on any atom is 0.292 e. The molecule has 0 saturated carbocycles. The van der Waals surface area contributed by atoms with Gasteiger partial charge in [0.15, 0.2) is 0 Å². The van der Waals surface area contributed by atoms with Crippen LogP contribution in [0.2, 0.25) is 5.15 Å². The number of para-hydroxylation sites is 2. The first-order chi connectivity index (χ1) is 8.16. The molecule has 7 heteroatoms. The van der Waals surface area contributed by atoms with Gasteiger partial charge in [0.25, 0.3) is 5.69 Å². The van der Waals surface area contributed by atoms with Crippen molar-refractivity contribution in [3.05, 3.63) is 51.9 Å². The molecule has 2 aromatic rings. The molecule has 0 atom stereocenters. The maximum atomic E-state index is 10.8. The van der Waals surface area contributed by atoms with E-state index < -0.39 is 4.92 Å². The lowest BCUT2D eigenvalue weighted by Crippen LogP contribution is -1.98. The third-order valence-corrected chi connectivity index (χ3v) is 2.20. The van der Waals surface area contributed by atoms with Crippen LogP contribution in [0.15, 0.2) is 36.7 Å². The van der Waals surface area contributed by atoms with Crippen molar-refractivity contribution in [3.63, 3.8) is 0 Å². The van der Waals surface area contributed by atoms with E-state index in [0.717, 1.165) is 0 Å². The Balaban J connectivity index is 2.33. The zero-order valence-corrected chi connectivity index (χ0v) is 9.26. The molecule has 0 saturated heterocycles. The number of nitro benzene ring substituents is 1. The number of rotatable bonds is 3. The summed E-state index contributed by atoms with van der Waals surface area (Å²) >= 11 is 5.69. The first-order valence-corrected chi connectivity index (χ1v) is 5.02. The monoisotopic (exact) mass is 250 g/mol. The van der Waals surface area contributed by atoms with Crippen molar-refractivity contribution in [2.45, 2.75) is 0 Å². The van der Waals surface area contributed by atoms with Gasteiger partial charge in [0, 0.05) is 12.1 Å². The zero-order valence-electron chi connectivity index (χ0n) is 8.50. The van der Waals surface area contributed by atoms with Crippen LogP contribution in [0.1, 0.15) is 0 Å². The van der Waals surface area contributed by atoms with Gasteiger partial charge in [-0.25, -0.2) is 9.97 Å². The van der Waals surface area contributed by atoms with Crippen molar-refractivity contribution in [3.8, 4) is 0 Å². The minimum absolute atomic E-state index is 0.0257. The van der Waals surface area contributed by atoms with Gasteiger partial charge in [0.1, 0.15) is 23.0 Å². The third kappa shape index (κ3) is 2.67. The first kappa shape index (κ1) is 11.3. The van der Waals surface area contributed by atoms with E-state index in [2.05, 4.69) is 15.3 Å². The number of anilines is 2. The quantitative estimate of drug-likeness (QED) is 0.515. The van der Waals surface area contributed by atoms with Crippen LogP contribution in [0.5, 0.6) is 0 Å². The maximum absolute atomic E-state index is 10.8. The van der Waals surface area contributed by atoms with E-state index in [1.54, 1.807) is 18.2 Å². The Bertz CT molecular complexity index is 562. The van der Waals surface area contributed by atoms with E-state index in [4.69, 9.17) is 11.6 Å². The Morgan fingerprint density at radius 1 is 1.29 bits per heavy atom. The summed E-state index contributed by atoms with van der Waals surface area (Å²) in [5.74, 6) is 0.402. The fraction of sp³-hybridized carbons (Fsp3) is 0. The Kier molecular flexibility index (Phi) is 3.15. The van der Waals surface area contributed by atoms with Crippen LogP contribution in [0, 0.1) is 10.1 Å². The summed E-state index contributed by atoms with van der Waals surface area (Å²) in [7, 11) is 0. The largest absolute Gasteiger partial charge is 0.334 e. The minimum atomic E-state index is -0.467. The number of aromatic nitrogens is 2. The number of hydrogen-bond acceptors (Lipinski definition) is 5. The molecule has 0 aliphatic carbocycles. The average molecular weight is 251 g/mol. The second-order valence-corrected chi connectivity index (χ2v) is 3.51. The molecule has 1 aromatic heterocycles. The lowest BCUT2D eigenvalue weighted by molar-refractivity contribution is -0.383. The molecular weight excluding hydrogens is 244 g/mol. The van der Waals surface area contributed by atoms with Crippen LogP contribution in [-0.4, -0.2) is 14.9 Å². The minimum Gasteiger partial charge on any atom is -0.334 e. The second kappa shape index (κ2) is 4.75. The summed E-state index contributed by atoms with van der Waals surface area (Å²) in [5.41, 5.74) is 0.328. The van der Waals surface area contributed by atoms with Gasteiger partial charge >= 0.3 is 0 Å². The molecule has 1 heterocycles. The Morgan fingerprint density at radius 2 is 2.06 bits per heavy atom. The van der Waals surface area contributed by atoms with Crippen molar-refractivity contribution in [2.75, 3.05) is 5.32 Å². The Morgan fingerprint density at radius 3 is 2.76 bits per heavy atom. The molecule has 6 nitrogen and oxygen atoms in total. The molecule has 0 bridgehead atoms. The Labute approximate surface area is 101 Å². The summed E-state index contributed by atoms with van der Waals surface area (Å²) < 4.78 is 0. The SMILES string of the molecule is O=[N+]([O-])c1ccccc1Nc1cc(Cl)ncn1. The molecule has 0 spiro atoms. The summed E-state index contributed by atoms with van der Waals surface area (Å²) in [6.45, 7) is 0. The van der Waals surface area contributed by atoms with Crippen LogP contribution >= 0.6 is 11.6 Å². The van der Waals surface area contributed by atoms with Crippen LogP contribution in [0.25, 0.3) is 0 Å². The molecule has 2 rings (SSSR count). The normalized spacial score (nSPS) is 9.94. The zero-order chi connectivity index (χ0) is 12.3. The molecule has 1 aromatic carbocycles. The molecule has 0 amide bonds. The van der Waals surface area contributed by atoms with Gasteiger partial charge in [-0.1, -0.05) is 23.7 Å². The van der Waals surface area contributed by atoms with Crippen molar-refractivity contribution < 1.29 is 4.92 Å². The second-order valence-electron chi connectivity index (χ2n) is 3.13. The van der Waals surface area contributed by atoms with Gasteiger partial charge in [-0.3, -0.25) is 10.1 Å². The molecule has 0 fully saturated rings. The smallest absolute Gasteiger partial charge is 0.292 e. The molecule has 86 valence electrons. The van der Waals surface area contributed by atoms with Crippen molar-refractivity contribution in [1.29, 1.82) is 0 Å². The number of nitro groups is 1. The van der Waals surface area contributed by atoms with Crippen molar-refractivity contribution in [2.24, 2.45) is 0 Å². The number of nitrogens with zero attached hydrogens (tertiary/aromatic N) is 3. The topological polar surface area (TPSA) is 81.0 Å². The van der Waals surface area contributed by atoms with Gasteiger partial charge in [0.05, 0.1) is 4.92 Å². The summed E-state index contributed by atoms with van der Waals surface area (Å²) in [5, 5.41) is 13.9. The highest BCUT2D eigenvalue weighted by Crippen LogP contribution is 2.26. The third-order valence-electron chi connectivity index (χ3n) is 2.00. The standard InChI is InChI=1S/C10H7ClN4O2/c11-9-5-10(13-6-12-9)14-7-3-1-2-4-8(7)15(16)17/h1-6H,(H,12,13,14). The lowest BCUT2D eigenvalue weighted by Gasteiger charge is -2.05. The van der Waals surface area contributed by atoms with Gasteiger partial charge < -0.3 is 5.32 Å². The van der Waals surface area contributed by atoms with E-state index >= 15 is 0 Å². The molecule has 0 aliphatic heterocycles. The van der Waals surface area contributed by atoms with Crippen molar-refractivity contribution in [1.82, 2.24) is 9.97 Å². The van der Waals surface area contributed by atoms with Gasteiger partial charge in [0.2, 0.25) is 0 Å². The van der Waals surface area contributed by atoms with Crippen LogP contribution < -0.4 is 5.32 Å². The highest BCUT2D eigenvalue weighted by atomic mass is 35.5. The van der Waals surface area contributed by atoms with E-state index in [0.29, 0.717) is 11.5 Å². The molecule has 0 aliphatic rings. The molecule has 17 heavy (non-hydrogen) atoms. The number of hydrogen-bond donors (Lipinski definition) is 1. The summed E-state index contributed by atoms with van der Waals surface area (Å²) in [4.78, 5) is 17.9. The average Bonchev–Trinajstić information content (AvgIpc) is 2.29. The predicted octanol–water partition coefficient (Wildman–Crippen LogP) is 2.78. The van der Waals surface area contributed by atoms with Crippen molar-refractivity contribution >= 4 is 28.8 Å². The van der Waals surface area contributed by atoms with Crippen LogP contribution in [-0.2, 0) is 0 Å². The van der Waals surface area contributed by atoms with E-state index in [9.17, 15) is 10.1 Å². The lowest BCUT2D eigenvalue weighted by atomic mass is 10.2. The molecule has 0 radical (unpaired) electrons. The van der Waals surface area contributed by atoms with E-state index in [1.807, 2.05) is 0 Å². The highest BCUT2D eigenvalue weighted by Gasteiger charge is 2.12. The first-order valence-electron chi connectivity index (χ1n) is 4.65. The summed E-state index contributed by atoms with van der Waals surface area (Å²) in [6.07, 6.45) is 1.28. The molecular formula is C10H7ClN4O2. The van der Waals surface area contributed by atoms with Gasteiger partial charge in [-0.15, -0.1) is 0 Å².